The van der Waals surface area contributed by atoms with Gasteiger partial charge in [-0.2, -0.15) is 0 Å². The lowest BCUT2D eigenvalue weighted by Gasteiger charge is -1.86. The van der Waals surface area contributed by atoms with Gasteiger partial charge in [0.15, 0.2) is 5.16 Å². The minimum atomic E-state index is 0.764. The van der Waals surface area contributed by atoms with Crippen molar-refractivity contribution in [2.75, 3.05) is 6.26 Å². The van der Waals surface area contributed by atoms with Gasteiger partial charge in [0.25, 0.3) is 0 Å². The molecule has 0 aliphatic carbocycles. The maximum atomic E-state index is 3.84. The molecule has 0 N–H and O–H groups in total. The van der Waals surface area contributed by atoms with E-state index in [1.54, 1.807) is 0 Å². The highest BCUT2D eigenvalue weighted by atomic mass is 32.2. The van der Waals surface area contributed by atoms with Crippen LogP contribution in [0.15, 0.2) is 17.8 Å². The van der Waals surface area contributed by atoms with Crippen LogP contribution in [0.4, 0.5) is 0 Å². The minimum absolute atomic E-state index is 0.764. The second-order valence-corrected chi connectivity index (χ2v) is 1.90. The molecule has 0 saturated carbocycles. The molecule has 0 spiro atoms. The molecule has 0 radical (unpaired) electrons. The largest absolute Gasteiger partial charge is 0.225 e. The quantitative estimate of drug-likeness (QED) is 0.518. The zero-order chi connectivity index (χ0) is 5.82. The van der Waals surface area contributed by atoms with Gasteiger partial charge in [-0.3, -0.25) is 0 Å². The van der Waals surface area contributed by atoms with E-state index in [1.807, 2.05) is 6.26 Å². The lowest BCUT2D eigenvalue weighted by molar-refractivity contribution is 0.904. The number of rotatable bonds is 1. The Labute approximate surface area is 51.6 Å². The summed E-state index contributed by atoms with van der Waals surface area (Å²) in [5, 5.41) is 0.764. The average Bonchev–Trinajstić information content (AvgIpc) is 1.90. The summed E-state index contributed by atoms with van der Waals surface area (Å²) in [4.78, 5) is 11.3. The first-order valence-corrected chi connectivity index (χ1v) is 3.32. The van der Waals surface area contributed by atoms with Gasteiger partial charge in [0.05, 0.1) is 0 Å². The first-order valence-electron chi connectivity index (χ1n) is 2.09. The third-order valence-electron chi connectivity index (χ3n) is 0.652. The Balaban J connectivity index is 2.83. The molecule has 1 heterocycles. The van der Waals surface area contributed by atoms with E-state index in [2.05, 4.69) is 15.0 Å². The first-order chi connectivity index (χ1) is 3.93. The molecule has 0 aliphatic heterocycles. The highest BCUT2D eigenvalue weighted by Crippen LogP contribution is 2.02. The summed E-state index contributed by atoms with van der Waals surface area (Å²) in [5.41, 5.74) is 0. The van der Waals surface area contributed by atoms with Crippen molar-refractivity contribution in [1.29, 1.82) is 0 Å². The third kappa shape index (κ3) is 1.16. The molecule has 42 valence electrons. The predicted molar refractivity (Wildman–Crippen MR) is 31.6 cm³/mol. The van der Waals surface area contributed by atoms with Crippen LogP contribution in [0.25, 0.3) is 0 Å². The van der Waals surface area contributed by atoms with Crippen LogP contribution in [0, 0.1) is 0 Å². The Bertz CT molecular complexity index is 153. The van der Waals surface area contributed by atoms with Crippen LogP contribution in [0.3, 0.4) is 0 Å². The van der Waals surface area contributed by atoms with E-state index >= 15 is 0 Å². The molecule has 0 amide bonds. The molecule has 1 aromatic heterocycles. The van der Waals surface area contributed by atoms with Crippen LogP contribution in [0.2, 0.25) is 0 Å². The van der Waals surface area contributed by atoms with E-state index in [9.17, 15) is 0 Å². The maximum absolute atomic E-state index is 3.84. The molecule has 3 nitrogen and oxygen atoms in total. The number of hydrogen-bond donors (Lipinski definition) is 0. The van der Waals surface area contributed by atoms with Gasteiger partial charge in [-0.25, -0.2) is 15.0 Å². The molecule has 8 heavy (non-hydrogen) atoms. The summed E-state index contributed by atoms with van der Waals surface area (Å²) >= 11 is 1.51. The summed E-state index contributed by atoms with van der Waals surface area (Å²) in [6.07, 6.45) is 4.90. The van der Waals surface area contributed by atoms with E-state index < -0.39 is 0 Å². The van der Waals surface area contributed by atoms with Crippen LogP contribution in [-0.2, 0) is 0 Å². The zero-order valence-corrected chi connectivity index (χ0v) is 5.22. The van der Waals surface area contributed by atoms with E-state index in [0.717, 1.165) is 5.16 Å². The van der Waals surface area contributed by atoms with Crippen molar-refractivity contribution in [3.63, 3.8) is 0 Å². The van der Waals surface area contributed by atoms with Crippen LogP contribution < -0.4 is 0 Å². The summed E-state index contributed by atoms with van der Waals surface area (Å²) in [7, 11) is 0. The van der Waals surface area contributed by atoms with Crippen molar-refractivity contribution >= 4 is 11.8 Å². The molecular formula is C4H5N3S. The van der Waals surface area contributed by atoms with Crippen molar-refractivity contribution in [2.24, 2.45) is 0 Å². The molecule has 0 aliphatic rings. The van der Waals surface area contributed by atoms with Gasteiger partial charge in [-0.05, 0) is 6.26 Å². The fraction of sp³-hybridized carbons (Fsp3) is 0.250. The van der Waals surface area contributed by atoms with Gasteiger partial charge in [0.1, 0.15) is 12.7 Å². The van der Waals surface area contributed by atoms with Crippen molar-refractivity contribution in [1.82, 2.24) is 15.0 Å². The lowest BCUT2D eigenvalue weighted by atomic mass is 11.1. The molecule has 0 fully saturated rings. The number of aromatic nitrogens is 3. The normalized spacial score (nSPS) is 9.12. The molecule has 0 aromatic carbocycles. The molecule has 0 unspecified atom stereocenters. The molecular weight excluding hydrogens is 122 g/mol. The second-order valence-electron chi connectivity index (χ2n) is 1.12. The Hall–Kier alpha value is -0.640. The predicted octanol–water partition coefficient (Wildman–Crippen LogP) is 0.593. The molecule has 0 atom stereocenters. The summed E-state index contributed by atoms with van der Waals surface area (Å²) in [5.74, 6) is 0. The van der Waals surface area contributed by atoms with Crippen molar-refractivity contribution in [2.45, 2.75) is 5.16 Å². The van der Waals surface area contributed by atoms with Crippen LogP contribution in [0.5, 0.6) is 0 Å². The third-order valence-corrected chi connectivity index (χ3v) is 1.23. The monoisotopic (exact) mass is 127 g/mol. The van der Waals surface area contributed by atoms with Gasteiger partial charge in [0.2, 0.25) is 0 Å². The van der Waals surface area contributed by atoms with Crippen LogP contribution in [0.1, 0.15) is 0 Å². The Morgan fingerprint density at radius 2 is 2.00 bits per heavy atom. The Morgan fingerprint density at radius 1 is 1.38 bits per heavy atom. The first kappa shape index (κ1) is 5.50. The minimum Gasteiger partial charge on any atom is -0.225 e. The van der Waals surface area contributed by atoms with Gasteiger partial charge >= 0.3 is 0 Å². The fourth-order valence-corrected chi connectivity index (χ4v) is 0.639. The Morgan fingerprint density at radius 3 is 2.38 bits per heavy atom. The molecule has 1 rings (SSSR count). The maximum Gasteiger partial charge on any atom is 0.190 e. The average molecular weight is 127 g/mol. The van der Waals surface area contributed by atoms with Crippen molar-refractivity contribution < 1.29 is 0 Å². The molecule has 4 heteroatoms. The smallest absolute Gasteiger partial charge is 0.190 e. The summed E-state index contributed by atoms with van der Waals surface area (Å²) in [6, 6.07) is 0. The fourth-order valence-electron chi connectivity index (χ4n) is 0.334. The molecule has 0 saturated heterocycles. The highest BCUT2D eigenvalue weighted by molar-refractivity contribution is 7.98. The lowest BCUT2D eigenvalue weighted by Crippen LogP contribution is -1.83. The molecule has 1 aromatic rings. The standard InChI is InChI=1S/C4H5N3S/c1-8-4-6-2-5-3-7-4/h2-3H,1H3. The van der Waals surface area contributed by atoms with E-state index in [0.29, 0.717) is 0 Å². The van der Waals surface area contributed by atoms with Gasteiger partial charge in [0, 0.05) is 0 Å². The SMILES string of the molecule is CSc1ncncn1. The number of hydrogen-bond acceptors (Lipinski definition) is 4. The summed E-state index contributed by atoms with van der Waals surface area (Å²) in [6.45, 7) is 0. The second kappa shape index (κ2) is 2.61. The number of nitrogens with zero attached hydrogens (tertiary/aromatic N) is 3. The topological polar surface area (TPSA) is 38.7 Å². The van der Waals surface area contributed by atoms with Gasteiger partial charge < -0.3 is 0 Å². The van der Waals surface area contributed by atoms with Crippen molar-refractivity contribution in [3.8, 4) is 0 Å². The van der Waals surface area contributed by atoms with Crippen LogP contribution in [-0.4, -0.2) is 21.2 Å². The summed E-state index contributed by atoms with van der Waals surface area (Å²) < 4.78 is 0. The zero-order valence-electron chi connectivity index (χ0n) is 4.40. The highest BCUT2D eigenvalue weighted by Gasteiger charge is 1.84. The van der Waals surface area contributed by atoms with Crippen molar-refractivity contribution in [3.05, 3.63) is 12.7 Å². The van der Waals surface area contributed by atoms with Gasteiger partial charge in [-0.15, -0.1) is 0 Å². The van der Waals surface area contributed by atoms with E-state index in [4.69, 9.17) is 0 Å². The van der Waals surface area contributed by atoms with Crippen LogP contribution >= 0.6 is 11.8 Å². The molecule has 0 bridgehead atoms. The van der Waals surface area contributed by atoms with E-state index in [1.165, 1.54) is 24.4 Å². The number of thioether (sulfide) groups is 1. The Kier molecular flexibility index (Phi) is 1.80. The van der Waals surface area contributed by atoms with Gasteiger partial charge in [-0.1, -0.05) is 11.8 Å². The van der Waals surface area contributed by atoms with E-state index in [-0.39, 0.29) is 0 Å².